The van der Waals surface area contributed by atoms with E-state index in [0.717, 1.165) is 0 Å². The predicted octanol–water partition coefficient (Wildman–Crippen LogP) is 0.515. The number of guanidine groups is 1. The third-order valence-electron chi connectivity index (χ3n) is 3.04. The van der Waals surface area contributed by atoms with Gasteiger partial charge in [-0.1, -0.05) is 19.3 Å². The molecular formula is C11H20N6. The van der Waals surface area contributed by atoms with E-state index in [2.05, 4.69) is 20.4 Å². The minimum absolute atomic E-state index is 0.513. The fourth-order valence-corrected chi connectivity index (χ4v) is 2.12. The van der Waals surface area contributed by atoms with Gasteiger partial charge < -0.3 is 11.1 Å². The quantitative estimate of drug-likeness (QED) is 0.589. The van der Waals surface area contributed by atoms with Gasteiger partial charge >= 0.3 is 0 Å². The highest BCUT2D eigenvalue weighted by molar-refractivity contribution is 5.78. The highest BCUT2D eigenvalue weighted by Gasteiger charge is 2.12. The lowest BCUT2D eigenvalue weighted by Gasteiger charge is -2.23. The normalized spacial score (nSPS) is 18.2. The SMILES string of the molecule is NC(=NCCn1cncn1)NC1CCCCC1. The average Bonchev–Trinajstić information content (AvgIpc) is 2.83. The molecule has 1 heterocycles. The summed E-state index contributed by atoms with van der Waals surface area (Å²) in [7, 11) is 0. The van der Waals surface area contributed by atoms with Crippen molar-refractivity contribution in [3.63, 3.8) is 0 Å². The van der Waals surface area contributed by atoms with Crippen LogP contribution in [-0.4, -0.2) is 33.3 Å². The summed E-state index contributed by atoms with van der Waals surface area (Å²) in [5.74, 6) is 0.553. The van der Waals surface area contributed by atoms with Gasteiger partial charge in [0.2, 0.25) is 0 Å². The van der Waals surface area contributed by atoms with E-state index >= 15 is 0 Å². The van der Waals surface area contributed by atoms with Crippen molar-refractivity contribution in [2.24, 2.45) is 10.7 Å². The number of aliphatic imine (C=N–C) groups is 1. The molecule has 1 aliphatic carbocycles. The molecular weight excluding hydrogens is 216 g/mol. The zero-order chi connectivity index (χ0) is 11.9. The van der Waals surface area contributed by atoms with Crippen molar-refractivity contribution in [2.75, 3.05) is 6.54 Å². The predicted molar refractivity (Wildman–Crippen MR) is 66.5 cm³/mol. The van der Waals surface area contributed by atoms with Gasteiger partial charge in [-0.25, -0.2) is 4.98 Å². The van der Waals surface area contributed by atoms with E-state index in [-0.39, 0.29) is 0 Å². The first-order valence-electron chi connectivity index (χ1n) is 6.23. The van der Waals surface area contributed by atoms with Gasteiger partial charge in [0.05, 0.1) is 13.1 Å². The second-order valence-electron chi connectivity index (χ2n) is 4.40. The van der Waals surface area contributed by atoms with Gasteiger partial charge in [-0.3, -0.25) is 9.67 Å². The van der Waals surface area contributed by atoms with E-state index in [1.165, 1.54) is 38.4 Å². The van der Waals surface area contributed by atoms with E-state index in [1.807, 2.05) is 0 Å². The monoisotopic (exact) mass is 236 g/mol. The maximum atomic E-state index is 5.84. The Morgan fingerprint density at radius 3 is 2.94 bits per heavy atom. The van der Waals surface area contributed by atoms with Gasteiger partial charge in [0.25, 0.3) is 0 Å². The topological polar surface area (TPSA) is 81.1 Å². The van der Waals surface area contributed by atoms with E-state index in [1.54, 1.807) is 11.0 Å². The molecule has 0 spiro atoms. The Hall–Kier alpha value is -1.59. The Morgan fingerprint density at radius 1 is 1.41 bits per heavy atom. The molecule has 0 bridgehead atoms. The first-order valence-corrected chi connectivity index (χ1v) is 6.23. The lowest BCUT2D eigenvalue weighted by molar-refractivity contribution is 0.412. The molecule has 3 N–H and O–H groups in total. The number of nitrogens with zero attached hydrogens (tertiary/aromatic N) is 4. The van der Waals surface area contributed by atoms with Crippen molar-refractivity contribution < 1.29 is 0 Å². The van der Waals surface area contributed by atoms with Gasteiger partial charge in [-0.2, -0.15) is 5.10 Å². The summed E-state index contributed by atoms with van der Waals surface area (Å²) >= 11 is 0. The number of hydrogen-bond donors (Lipinski definition) is 2. The van der Waals surface area contributed by atoms with Crippen molar-refractivity contribution in [3.05, 3.63) is 12.7 Å². The first-order chi connectivity index (χ1) is 8.34. The molecule has 6 heteroatoms. The Morgan fingerprint density at radius 2 is 2.24 bits per heavy atom. The van der Waals surface area contributed by atoms with Crippen LogP contribution in [0.1, 0.15) is 32.1 Å². The molecule has 1 aromatic rings. The van der Waals surface area contributed by atoms with Crippen LogP contribution in [-0.2, 0) is 6.54 Å². The fourth-order valence-electron chi connectivity index (χ4n) is 2.12. The molecule has 0 unspecified atom stereocenters. The molecule has 0 radical (unpaired) electrons. The molecule has 0 aliphatic heterocycles. The first kappa shape index (κ1) is 11.9. The molecule has 0 atom stereocenters. The number of rotatable bonds is 4. The fraction of sp³-hybridized carbons (Fsp3) is 0.727. The summed E-state index contributed by atoms with van der Waals surface area (Å²) < 4.78 is 1.75. The summed E-state index contributed by atoms with van der Waals surface area (Å²) in [5, 5.41) is 7.29. The van der Waals surface area contributed by atoms with E-state index in [0.29, 0.717) is 25.1 Å². The number of nitrogens with one attached hydrogen (secondary N) is 1. The van der Waals surface area contributed by atoms with E-state index in [4.69, 9.17) is 5.73 Å². The maximum Gasteiger partial charge on any atom is 0.188 e. The Kier molecular flexibility index (Phi) is 4.35. The zero-order valence-electron chi connectivity index (χ0n) is 10.0. The number of nitrogens with two attached hydrogens (primary N) is 1. The molecule has 1 saturated carbocycles. The zero-order valence-corrected chi connectivity index (χ0v) is 10.0. The maximum absolute atomic E-state index is 5.84. The lowest BCUT2D eigenvalue weighted by atomic mass is 9.96. The lowest BCUT2D eigenvalue weighted by Crippen LogP contribution is -2.41. The summed E-state index contributed by atoms with van der Waals surface area (Å²) in [4.78, 5) is 8.16. The average molecular weight is 236 g/mol. The molecule has 0 amide bonds. The molecule has 2 rings (SSSR count). The number of aromatic nitrogens is 3. The van der Waals surface area contributed by atoms with Crippen LogP contribution < -0.4 is 11.1 Å². The molecule has 0 aromatic carbocycles. The van der Waals surface area contributed by atoms with Crippen molar-refractivity contribution in [2.45, 2.75) is 44.7 Å². The van der Waals surface area contributed by atoms with Crippen LogP contribution in [0.3, 0.4) is 0 Å². The third-order valence-corrected chi connectivity index (χ3v) is 3.04. The van der Waals surface area contributed by atoms with Crippen LogP contribution in [0, 0.1) is 0 Å². The van der Waals surface area contributed by atoms with E-state index < -0.39 is 0 Å². The van der Waals surface area contributed by atoms with Crippen molar-refractivity contribution in [1.29, 1.82) is 0 Å². The Balaban J connectivity index is 1.69. The molecule has 17 heavy (non-hydrogen) atoms. The standard InChI is InChI=1S/C11H20N6/c12-11(16-10-4-2-1-3-5-10)14-6-7-17-9-13-8-15-17/h8-10H,1-7H2,(H3,12,14,16). The van der Waals surface area contributed by atoms with Crippen LogP contribution in [0.2, 0.25) is 0 Å². The molecule has 0 saturated heterocycles. The Bertz CT molecular complexity index is 339. The largest absolute Gasteiger partial charge is 0.370 e. The van der Waals surface area contributed by atoms with Crippen molar-refractivity contribution in [1.82, 2.24) is 20.1 Å². The highest BCUT2D eigenvalue weighted by Crippen LogP contribution is 2.16. The summed E-state index contributed by atoms with van der Waals surface area (Å²) in [6.07, 6.45) is 9.56. The van der Waals surface area contributed by atoms with Crippen molar-refractivity contribution >= 4 is 5.96 Å². The van der Waals surface area contributed by atoms with Crippen LogP contribution in [0.25, 0.3) is 0 Å². The molecule has 6 nitrogen and oxygen atoms in total. The minimum atomic E-state index is 0.513. The van der Waals surface area contributed by atoms with Crippen LogP contribution in [0.5, 0.6) is 0 Å². The van der Waals surface area contributed by atoms with Crippen LogP contribution in [0.15, 0.2) is 17.6 Å². The van der Waals surface area contributed by atoms with Crippen LogP contribution >= 0.6 is 0 Å². The Labute approximate surface area is 101 Å². The third kappa shape index (κ3) is 4.05. The smallest absolute Gasteiger partial charge is 0.188 e. The molecule has 1 aliphatic rings. The number of hydrogen-bond acceptors (Lipinski definition) is 3. The van der Waals surface area contributed by atoms with E-state index in [9.17, 15) is 0 Å². The molecule has 1 aromatic heterocycles. The van der Waals surface area contributed by atoms with Gasteiger partial charge in [0.15, 0.2) is 5.96 Å². The van der Waals surface area contributed by atoms with Gasteiger partial charge in [0, 0.05) is 6.04 Å². The van der Waals surface area contributed by atoms with Crippen molar-refractivity contribution in [3.8, 4) is 0 Å². The molecule has 94 valence electrons. The van der Waals surface area contributed by atoms with Gasteiger partial charge in [-0.15, -0.1) is 0 Å². The summed E-state index contributed by atoms with van der Waals surface area (Å²) in [6.45, 7) is 1.35. The van der Waals surface area contributed by atoms with Crippen LogP contribution in [0.4, 0.5) is 0 Å². The van der Waals surface area contributed by atoms with Gasteiger partial charge in [-0.05, 0) is 12.8 Å². The highest BCUT2D eigenvalue weighted by atomic mass is 15.3. The van der Waals surface area contributed by atoms with Gasteiger partial charge in [0.1, 0.15) is 12.7 Å². The summed E-state index contributed by atoms with van der Waals surface area (Å²) in [5.41, 5.74) is 5.84. The summed E-state index contributed by atoms with van der Waals surface area (Å²) in [6, 6.07) is 0.513. The second kappa shape index (κ2) is 6.22. The molecule has 1 fully saturated rings. The second-order valence-corrected chi connectivity index (χ2v) is 4.40. The minimum Gasteiger partial charge on any atom is -0.370 e.